The Morgan fingerprint density at radius 1 is 1.17 bits per heavy atom. The molecule has 2 aromatic rings. The maximum Gasteiger partial charge on any atom is 0.166 e. The number of likely N-dealkylation sites (N-methyl/N-ethyl adjacent to an activating group) is 1. The molecular formula is C20H18N2O. The van der Waals surface area contributed by atoms with Crippen LogP contribution in [-0.4, -0.2) is 18.2 Å². The van der Waals surface area contributed by atoms with Crippen LogP contribution >= 0.6 is 0 Å². The van der Waals surface area contributed by atoms with E-state index in [1.165, 1.54) is 0 Å². The highest BCUT2D eigenvalue weighted by Crippen LogP contribution is 2.17. The van der Waals surface area contributed by atoms with Gasteiger partial charge in [-0.1, -0.05) is 49.0 Å². The van der Waals surface area contributed by atoms with Crippen molar-refractivity contribution < 1.29 is 4.79 Å². The predicted molar refractivity (Wildman–Crippen MR) is 92.2 cm³/mol. The van der Waals surface area contributed by atoms with E-state index in [1.54, 1.807) is 18.2 Å². The summed E-state index contributed by atoms with van der Waals surface area (Å²) in [5.41, 5.74) is 3.99. The quantitative estimate of drug-likeness (QED) is 0.463. The molecule has 0 spiro atoms. The van der Waals surface area contributed by atoms with Gasteiger partial charge in [0.15, 0.2) is 6.29 Å². The third-order valence-corrected chi connectivity index (χ3v) is 3.53. The van der Waals surface area contributed by atoms with Gasteiger partial charge in [-0.15, -0.1) is 0 Å². The van der Waals surface area contributed by atoms with E-state index in [9.17, 15) is 4.79 Å². The lowest BCUT2D eigenvalue weighted by molar-refractivity contribution is -0.106. The van der Waals surface area contributed by atoms with E-state index in [0.29, 0.717) is 17.8 Å². The first-order chi connectivity index (χ1) is 11.1. The van der Waals surface area contributed by atoms with E-state index in [-0.39, 0.29) is 0 Å². The maximum absolute atomic E-state index is 11.4. The zero-order valence-corrected chi connectivity index (χ0v) is 13.1. The van der Waals surface area contributed by atoms with Gasteiger partial charge >= 0.3 is 0 Å². The molecule has 0 saturated carbocycles. The van der Waals surface area contributed by atoms with Crippen LogP contribution in [0.3, 0.4) is 0 Å². The summed E-state index contributed by atoms with van der Waals surface area (Å²) in [6.45, 7) is 4.61. The molecule has 0 aliphatic carbocycles. The molecule has 23 heavy (non-hydrogen) atoms. The summed E-state index contributed by atoms with van der Waals surface area (Å²) in [6, 6.07) is 19.2. The number of carbonyl (C=O) groups excluding carboxylic acids is 1. The zero-order valence-electron chi connectivity index (χ0n) is 13.1. The summed E-state index contributed by atoms with van der Waals surface area (Å²) in [5.74, 6) is 0. The third kappa shape index (κ3) is 4.42. The molecule has 0 atom stereocenters. The van der Waals surface area contributed by atoms with Crippen molar-refractivity contribution in [2.75, 3.05) is 7.05 Å². The summed E-state index contributed by atoms with van der Waals surface area (Å²) < 4.78 is 0. The number of nitriles is 1. The van der Waals surface area contributed by atoms with Crippen molar-refractivity contribution in [2.45, 2.75) is 6.54 Å². The van der Waals surface area contributed by atoms with Gasteiger partial charge in [0.05, 0.1) is 17.3 Å². The highest BCUT2D eigenvalue weighted by molar-refractivity contribution is 5.82. The Kier molecular flexibility index (Phi) is 5.49. The lowest BCUT2D eigenvalue weighted by Gasteiger charge is -2.19. The van der Waals surface area contributed by atoms with Crippen molar-refractivity contribution in [2.24, 2.45) is 0 Å². The minimum absolute atomic E-state index is 0.559. The highest BCUT2D eigenvalue weighted by atomic mass is 16.1. The van der Waals surface area contributed by atoms with Crippen molar-refractivity contribution >= 4 is 11.9 Å². The van der Waals surface area contributed by atoms with E-state index in [1.807, 2.05) is 54.4 Å². The average Bonchev–Trinajstić information content (AvgIpc) is 2.60. The van der Waals surface area contributed by atoms with Gasteiger partial charge in [0, 0.05) is 13.6 Å². The summed E-state index contributed by atoms with van der Waals surface area (Å²) in [5, 5.41) is 8.82. The fourth-order valence-corrected chi connectivity index (χ4v) is 2.20. The number of allylic oxidation sites excluding steroid dienone is 3. The molecule has 2 aromatic carbocycles. The summed E-state index contributed by atoms with van der Waals surface area (Å²) in [7, 11) is 1.86. The molecule has 0 bridgehead atoms. The highest BCUT2D eigenvalue weighted by Gasteiger charge is 2.06. The second-order valence-corrected chi connectivity index (χ2v) is 5.24. The molecule has 0 N–H and O–H groups in total. The van der Waals surface area contributed by atoms with Crippen molar-refractivity contribution in [1.29, 1.82) is 5.26 Å². The van der Waals surface area contributed by atoms with Gasteiger partial charge in [0.2, 0.25) is 0 Å². The van der Waals surface area contributed by atoms with Crippen LogP contribution in [0.15, 0.2) is 72.9 Å². The summed E-state index contributed by atoms with van der Waals surface area (Å²) >= 11 is 0. The predicted octanol–water partition coefficient (Wildman–Crippen LogP) is 3.79. The molecule has 0 saturated heterocycles. The number of benzene rings is 2. The van der Waals surface area contributed by atoms with Crippen molar-refractivity contribution in [3.05, 3.63) is 89.6 Å². The van der Waals surface area contributed by atoms with Crippen LogP contribution in [-0.2, 0) is 11.3 Å². The average molecular weight is 302 g/mol. The topological polar surface area (TPSA) is 44.1 Å². The molecule has 0 fully saturated rings. The van der Waals surface area contributed by atoms with E-state index < -0.39 is 0 Å². The Hall–Kier alpha value is -3.12. The molecule has 3 nitrogen and oxygen atoms in total. The van der Waals surface area contributed by atoms with Crippen molar-refractivity contribution in [1.82, 2.24) is 4.90 Å². The van der Waals surface area contributed by atoms with Crippen LogP contribution in [0.2, 0.25) is 0 Å². The number of rotatable bonds is 6. The number of aldehydes is 1. The van der Waals surface area contributed by atoms with E-state index in [0.717, 1.165) is 23.0 Å². The molecule has 0 heterocycles. The zero-order chi connectivity index (χ0) is 16.7. The standard InChI is InChI=1S/C20H18N2O/c1-16(19-6-4-3-5-7-19)12-20(15-23)22(2)14-18-10-8-17(13-21)9-11-18/h3-12,15H,1,14H2,2H3/b20-12-. The van der Waals surface area contributed by atoms with Crippen LogP contribution in [0.5, 0.6) is 0 Å². The van der Waals surface area contributed by atoms with Crippen LogP contribution in [0.1, 0.15) is 16.7 Å². The number of carbonyl (C=O) groups is 1. The number of hydrogen-bond acceptors (Lipinski definition) is 3. The van der Waals surface area contributed by atoms with Crippen molar-refractivity contribution in [3.63, 3.8) is 0 Å². The minimum atomic E-state index is 0.559. The first kappa shape index (κ1) is 16.3. The molecule has 0 amide bonds. The fraction of sp³-hybridized carbons (Fsp3) is 0.100. The van der Waals surface area contributed by atoms with E-state index in [4.69, 9.17) is 5.26 Å². The van der Waals surface area contributed by atoms with Crippen LogP contribution < -0.4 is 0 Å². The maximum atomic E-state index is 11.4. The van der Waals surface area contributed by atoms with Gasteiger partial charge in [-0.2, -0.15) is 5.26 Å². The van der Waals surface area contributed by atoms with Gasteiger partial charge in [0.1, 0.15) is 0 Å². The Morgan fingerprint density at radius 3 is 2.39 bits per heavy atom. The molecule has 0 aliphatic rings. The normalized spacial score (nSPS) is 10.7. The van der Waals surface area contributed by atoms with E-state index in [2.05, 4.69) is 12.6 Å². The first-order valence-corrected chi connectivity index (χ1v) is 7.25. The Labute approximate surface area is 136 Å². The second-order valence-electron chi connectivity index (χ2n) is 5.24. The minimum Gasteiger partial charge on any atom is -0.368 e. The molecule has 0 aromatic heterocycles. The van der Waals surface area contributed by atoms with E-state index >= 15 is 0 Å². The molecular weight excluding hydrogens is 284 g/mol. The van der Waals surface area contributed by atoms with Crippen LogP contribution in [0, 0.1) is 11.3 Å². The molecule has 3 heteroatoms. The molecule has 0 radical (unpaired) electrons. The number of nitrogens with zero attached hydrogens (tertiary/aromatic N) is 2. The molecule has 114 valence electrons. The van der Waals surface area contributed by atoms with Gasteiger partial charge in [0.25, 0.3) is 0 Å². The molecule has 2 rings (SSSR count). The Morgan fingerprint density at radius 2 is 1.83 bits per heavy atom. The number of hydrogen-bond donors (Lipinski definition) is 0. The largest absolute Gasteiger partial charge is 0.368 e. The van der Waals surface area contributed by atoms with Crippen LogP contribution in [0.25, 0.3) is 5.57 Å². The lowest BCUT2D eigenvalue weighted by Crippen LogP contribution is -2.18. The summed E-state index contributed by atoms with van der Waals surface area (Å²) in [6.07, 6.45) is 2.61. The van der Waals surface area contributed by atoms with Crippen molar-refractivity contribution in [3.8, 4) is 6.07 Å². The van der Waals surface area contributed by atoms with Gasteiger partial charge in [-0.25, -0.2) is 0 Å². The lowest BCUT2D eigenvalue weighted by atomic mass is 10.1. The SMILES string of the molecule is C=C(/C=C(/C=O)N(C)Cc1ccc(C#N)cc1)c1ccccc1. The third-order valence-electron chi connectivity index (χ3n) is 3.53. The first-order valence-electron chi connectivity index (χ1n) is 7.25. The van der Waals surface area contributed by atoms with Gasteiger partial charge in [-0.3, -0.25) is 4.79 Å². The summed E-state index contributed by atoms with van der Waals surface area (Å²) in [4.78, 5) is 13.3. The van der Waals surface area contributed by atoms with Crippen LogP contribution in [0.4, 0.5) is 0 Å². The Balaban J connectivity index is 2.13. The molecule has 0 aliphatic heterocycles. The van der Waals surface area contributed by atoms with Gasteiger partial charge in [-0.05, 0) is 34.9 Å². The monoisotopic (exact) mass is 302 g/mol. The van der Waals surface area contributed by atoms with Gasteiger partial charge < -0.3 is 4.90 Å². The fourth-order valence-electron chi connectivity index (χ4n) is 2.20. The molecule has 0 unspecified atom stereocenters. The smallest absolute Gasteiger partial charge is 0.166 e. The Bertz CT molecular complexity index is 752. The second kappa shape index (κ2) is 7.77.